The molecule has 178 valence electrons. The molecule has 0 aliphatic rings. The zero-order valence-electron chi connectivity index (χ0n) is 17.9. The van der Waals surface area contributed by atoms with Gasteiger partial charge in [0, 0.05) is 22.2 Å². The van der Waals surface area contributed by atoms with E-state index in [1.165, 1.54) is 36.7 Å². The molecule has 0 atom stereocenters. The van der Waals surface area contributed by atoms with Gasteiger partial charge in [-0.15, -0.1) is 5.10 Å². The summed E-state index contributed by atoms with van der Waals surface area (Å²) in [4.78, 5) is 28.8. The standard InChI is InChI=1S/C23H15ClF3N5O2S/c1-12-16(7-9-20(28-12)23(25,26)27)22(34)29-15-6-8-17(24)18(10-15)30-21(33)14-4-2-13(3-5-14)19-11-35-32-31-19/h2-11H,1H3,(H,29,34)(H,30,33). The van der Waals surface area contributed by atoms with E-state index in [1.54, 1.807) is 29.6 Å². The number of carbonyl (C=O) groups is 2. The minimum atomic E-state index is -4.61. The molecule has 7 nitrogen and oxygen atoms in total. The summed E-state index contributed by atoms with van der Waals surface area (Å²) in [5.74, 6) is -1.09. The van der Waals surface area contributed by atoms with Gasteiger partial charge in [-0.1, -0.05) is 28.2 Å². The van der Waals surface area contributed by atoms with Gasteiger partial charge < -0.3 is 10.6 Å². The number of hydrogen-bond donors (Lipinski definition) is 2. The molecule has 4 aromatic rings. The van der Waals surface area contributed by atoms with E-state index >= 15 is 0 Å². The third-order valence-corrected chi connectivity index (χ3v) is 5.73. The van der Waals surface area contributed by atoms with E-state index in [0.29, 0.717) is 11.3 Å². The fourth-order valence-corrected chi connectivity index (χ4v) is 3.76. The average molecular weight is 518 g/mol. The molecule has 0 saturated heterocycles. The van der Waals surface area contributed by atoms with Crippen molar-refractivity contribution in [2.24, 2.45) is 0 Å². The average Bonchev–Trinajstić information content (AvgIpc) is 3.35. The highest BCUT2D eigenvalue weighted by Gasteiger charge is 2.33. The Bertz CT molecular complexity index is 1390. The molecular weight excluding hydrogens is 503 g/mol. The zero-order chi connectivity index (χ0) is 25.2. The van der Waals surface area contributed by atoms with Crippen LogP contribution in [0.25, 0.3) is 11.3 Å². The lowest BCUT2D eigenvalue weighted by atomic mass is 10.1. The van der Waals surface area contributed by atoms with E-state index < -0.39 is 23.7 Å². The number of nitrogens with zero attached hydrogens (tertiary/aromatic N) is 3. The summed E-state index contributed by atoms with van der Waals surface area (Å²) in [5, 5.41) is 11.3. The third-order valence-electron chi connectivity index (χ3n) is 4.90. The molecule has 4 rings (SSSR count). The smallest absolute Gasteiger partial charge is 0.322 e. The normalized spacial score (nSPS) is 11.2. The summed E-state index contributed by atoms with van der Waals surface area (Å²) in [5.41, 5.74) is 1.22. The Morgan fingerprint density at radius 2 is 1.71 bits per heavy atom. The van der Waals surface area contributed by atoms with Gasteiger partial charge in [-0.25, -0.2) is 4.98 Å². The highest BCUT2D eigenvalue weighted by atomic mass is 35.5. The first kappa shape index (κ1) is 24.3. The first-order valence-electron chi connectivity index (χ1n) is 9.96. The van der Waals surface area contributed by atoms with Gasteiger partial charge in [0.25, 0.3) is 11.8 Å². The summed E-state index contributed by atoms with van der Waals surface area (Å²) in [6.45, 7) is 1.31. The fraction of sp³-hybridized carbons (Fsp3) is 0.0870. The number of anilines is 2. The maximum atomic E-state index is 12.8. The second kappa shape index (κ2) is 9.80. The molecule has 2 aromatic carbocycles. The minimum Gasteiger partial charge on any atom is -0.322 e. The summed E-state index contributed by atoms with van der Waals surface area (Å²) in [6.07, 6.45) is -4.61. The lowest BCUT2D eigenvalue weighted by Gasteiger charge is -2.12. The van der Waals surface area contributed by atoms with Crippen molar-refractivity contribution in [3.8, 4) is 11.3 Å². The number of nitrogens with one attached hydrogen (secondary N) is 2. The van der Waals surface area contributed by atoms with Crippen LogP contribution in [0.3, 0.4) is 0 Å². The molecule has 12 heteroatoms. The molecule has 35 heavy (non-hydrogen) atoms. The molecule has 2 amide bonds. The molecule has 2 N–H and O–H groups in total. The predicted molar refractivity (Wildman–Crippen MR) is 127 cm³/mol. The SMILES string of the molecule is Cc1nc(C(F)(F)F)ccc1C(=O)Nc1ccc(Cl)c(NC(=O)c2ccc(-c3csnn3)cc2)c1. The van der Waals surface area contributed by atoms with Crippen LogP contribution >= 0.6 is 23.1 Å². The first-order chi connectivity index (χ1) is 16.6. The van der Waals surface area contributed by atoms with Gasteiger partial charge in [-0.05, 0) is 60.9 Å². The molecule has 0 unspecified atom stereocenters. The number of pyridine rings is 1. The van der Waals surface area contributed by atoms with Crippen molar-refractivity contribution in [1.29, 1.82) is 0 Å². The summed E-state index contributed by atoms with van der Waals surface area (Å²) < 4.78 is 42.3. The lowest BCUT2D eigenvalue weighted by Crippen LogP contribution is -2.17. The Labute approximate surface area is 206 Å². The monoisotopic (exact) mass is 517 g/mol. The van der Waals surface area contributed by atoms with Crippen molar-refractivity contribution in [2.75, 3.05) is 10.6 Å². The number of amides is 2. The van der Waals surface area contributed by atoms with Crippen molar-refractivity contribution in [2.45, 2.75) is 13.1 Å². The summed E-state index contributed by atoms with van der Waals surface area (Å²) >= 11 is 7.42. The zero-order valence-corrected chi connectivity index (χ0v) is 19.4. The van der Waals surface area contributed by atoms with E-state index in [0.717, 1.165) is 17.7 Å². The highest BCUT2D eigenvalue weighted by Crippen LogP contribution is 2.29. The molecule has 0 aliphatic heterocycles. The van der Waals surface area contributed by atoms with Gasteiger partial charge in [0.05, 0.1) is 22.0 Å². The number of aryl methyl sites for hydroxylation is 1. The molecule has 0 fully saturated rings. The molecule has 2 aromatic heterocycles. The van der Waals surface area contributed by atoms with E-state index in [1.807, 2.05) is 0 Å². The van der Waals surface area contributed by atoms with Crippen molar-refractivity contribution >= 4 is 46.3 Å². The summed E-state index contributed by atoms with van der Waals surface area (Å²) in [7, 11) is 0. The number of benzene rings is 2. The van der Waals surface area contributed by atoms with Crippen LogP contribution < -0.4 is 10.6 Å². The number of carbonyl (C=O) groups excluding carboxylic acids is 2. The van der Waals surface area contributed by atoms with Crippen molar-refractivity contribution in [3.63, 3.8) is 0 Å². The van der Waals surface area contributed by atoms with E-state index in [2.05, 4.69) is 25.2 Å². The maximum absolute atomic E-state index is 12.8. The van der Waals surface area contributed by atoms with Gasteiger partial charge in [-0.3, -0.25) is 9.59 Å². The highest BCUT2D eigenvalue weighted by molar-refractivity contribution is 7.03. The van der Waals surface area contributed by atoms with E-state index in [4.69, 9.17) is 11.6 Å². The Hall–Kier alpha value is -3.83. The number of hydrogen-bond acceptors (Lipinski definition) is 6. The lowest BCUT2D eigenvalue weighted by molar-refractivity contribution is -0.141. The van der Waals surface area contributed by atoms with Crippen LogP contribution in [-0.4, -0.2) is 26.4 Å². The van der Waals surface area contributed by atoms with Gasteiger partial charge in [-0.2, -0.15) is 13.2 Å². The second-order valence-corrected chi connectivity index (χ2v) is 8.31. The Balaban J connectivity index is 1.48. The van der Waals surface area contributed by atoms with Gasteiger partial charge in [0.1, 0.15) is 11.4 Å². The molecule has 2 heterocycles. The van der Waals surface area contributed by atoms with Crippen LogP contribution in [0.5, 0.6) is 0 Å². The Kier molecular flexibility index (Phi) is 6.81. The summed E-state index contributed by atoms with van der Waals surface area (Å²) in [6, 6.07) is 13.0. The van der Waals surface area contributed by atoms with Crippen molar-refractivity contribution in [1.82, 2.24) is 14.6 Å². The van der Waals surface area contributed by atoms with Crippen LogP contribution in [0.2, 0.25) is 5.02 Å². The fourth-order valence-electron chi connectivity index (χ4n) is 3.13. The largest absolute Gasteiger partial charge is 0.433 e. The third kappa shape index (κ3) is 5.64. The molecule has 0 aliphatic carbocycles. The van der Waals surface area contributed by atoms with Crippen LogP contribution in [0.15, 0.2) is 60.0 Å². The second-order valence-electron chi connectivity index (χ2n) is 7.30. The van der Waals surface area contributed by atoms with Crippen LogP contribution in [-0.2, 0) is 6.18 Å². The quantitative estimate of drug-likeness (QED) is 0.334. The molecule has 0 saturated carbocycles. The van der Waals surface area contributed by atoms with Gasteiger partial charge in [0.15, 0.2) is 0 Å². The van der Waals surface area contributed by atoms with Crippen LogP contribution in [0.1, 0.15) is 32.1 Å². The number of alkyl halides is 3. The predicted octanol–water partition coefficient (Wildman–Crippen LogP) is 6.09. The molecular formula is C23H15ClF3N5O2S. The Morgan fingerprint density at radius 3 is 2.34 bits per heavy atom. The van der Waals surface area contributed by atoms with Gasteiger partial charge >= 0.3 is 6.18 Å². The topological polar surface area (TPSA) is 96.9 Å². The number of rotatable bonds is 5. The molecule has 0 spiro atoms. The first-order valence-corrected chi connectivity index (χ1v) is 11.2. The van der Waals surface area contributed by atoms with E-state index in [-0.39, 0.29) is 27.7 Å². The molecule has 0 bridgehead atoms. The number of halogens is 4. The van der Waals surface area contributed by atoms with Crippen molar-refractivity contribution < 1.29 is 22.8 Å². The maximum Gasteiger partial charge on any atom is 0.433 e. The van der Waals surface area contributed by atoms with Crippen LogP contribution in [0.4, 0.5) is 24.5 Å². The van der Waals surface area contributed by atoms with Crippen molar-refractivity contribution in [3.05, 3.63) is 87.5 Å². The molecule has 0 radical (unpaired) electrons. The minimum absolute atomic E-state index is 0.0195. The van der Waals surface area contributed by atoms with Gasteiger partial charge in [0.2, 0.25) is 0 Å². The van der Waals surface area contributed by atoms with Crippen LogP contribution in [0, 0.1) is 6.92 Å². The number of aromatic nitrogens is 3. The van der Waals surface area contributed by atoms with E-state index in [9.17, 15) is 22.8 Å². The Morgan fingerprint density at radius 1 is 0.971 bits per heavy atom.